The van der Waals surface area contributed by atoms with E-state index in [0.29, 0.717) is 12.5 Å². The quantitative estimate of drug-likeness (QED) is 0.883. The van der Waals surface area contributed by atoms with Crippen LogP contribution in [0.4, 0.5) is 10.5 Å². The maximum atomic E-state index is 11.7. The van der Waals surface area contributed by atoms with Crippen LogP contribution < -0.4 is 10.6 Å². The number of thiazole rings is 1. The second-order valence-electron chi connectivity index (χ2n) is 4.82. The standard InChI is InChI=1S/C15H19N3OS/c1-11(2)13-10-20-14(18-13)8-9-16-15(19)17-12-6-4-3-5-7-12/h3-7,10-11H,8-9H2,1-2H3,(H2,16,17,19). The van der Waals surface area contributed by atoms with E-state index in [-0.39, 0.29) is 6.03 Å². The lowest BCUT2D eigenvalue weighted by atomic mass is 10.2. The molecule has 2 N–H and O–H groups in total. The van der Waals surface area contributed by atoms with Gasteiger partial charge >= 0.3 is 6.03 Å². The van der Waals surface area contributed by atoms with Crippen molar-refractivity contribution in [2.45, 2.75) is 26.2 Å². The molecule has 0 fully saturated rings. The van der Waals surface area contributed by atoms with Crippen molar-refractivity contribution in [3.8, 4) is 0 Å². The summed E-state index contributed by atoms with van der Waals surface area (Å²) in [5.41, 5.74) is 1.92. The van der Waals surface area contributed by atoms with Gasteiger partial charge in [0.2, 0.25) is 0 Å². The zero-order valence-electron chi connectivity index (χ0n) is 11.7. The summed E-state index contributed by atoms with van der Waals surface area (Å²) in [6, 6.07) is 9.22. The van der Waals surface area contributed by atoms with Gasteiger partial charge in [0.15, 0.2) is 0 Å². The van der Waals surface area contributed by atoms with Crippen molar-refractivity contribution < 1.29 is 4.79 Å². The zero-order chi connectivity index (χ0) is 14.4. The lowest BCUT2D eigenvalue weighted by Crippen LogP contribution is -2.30. The number of nitrogens with zero attached hydrogens (tertiary/aromatic N) is 1. The number of urea groups is 1. The van der Waals surface area contributed by atoms with E-state index in [2.05, 4.69) is 34.8 Å². The molecule has 0 aliphatic heterocycles. The van der Waals surface area contributed by atoms with Crippen molar-refractivity contribution in [2.75, 3.05) is 11.9 Å². The summed E-state index contributed by atoms with van der Waals surface area (Å²) in [6.07, 6.45) is 0.763. The van der Waals surface area contributed by atoms with E-state index in [0.717, 1.165) is 22.8 Å². The van der Waals surface area contributed by atoms with Gasteiger partial charge in [-0.15, -0.1) is 11.3 Å². The Morgan fingerprint density at radius 3 is 2.70 bits per heavy atom. The Balaban J connectivity index is 1.73. The number of anilines is 1. The fraction of sp³-hybridized carbons (Fsp3) is 0.333. The van der Waals surface area contributed by atoms with Gasteiger partial charge < -0.3 is 10.6 Å². The van der Waals surface area contributed by atoms with E-state index in [9.17, 15) is 4.79 Å². The van der Waals surface area contributed by atoms with Gasteiger partial charge in [0, 0.05) is 24.0 Å². The van der Waals surface area contributed by atoms with Gasteiger partial charge in [-0.3, -0.25) is 0 Å². The lowest BCUT2D eigenvalue weighted by molar-refractivity contribution is 0.252. The molecule has 0 bridgehead atoms. The molecule has 0 aliphatic carbocycles. The smallest absolute Gasteiger partial charge is 0.319 e. The van der Waals surface area contributed by atoms with Crippen molar-refractivity contribution in [1.29, 1.82) is 0 Å². The van der Waals surface area contributed by atoms with Gasteiger partial charge in [0.25, 0.3) is 0 Å². The number of carbonyl (C=O) groups excluding carboxylic acids is 1. The van der Waals surface area contributed by atoms with Crippen LogP contribution in [-0.4, -0.2) is 17.6 Å². The molecule has 1 aromatic carbocycles. The summed E-state index contributed by atoms with van der Waals surface area (Å²) in [5, 5.41) is 8.77. The Morgan fingerprint density at radius 1 is 1.30 bits per heavy atom. The van der Waals surface area contributed by atoms with Crippen molar-refractivity contribution in [3.05, 3.63) is 46.4 Å². The summed E-state index contributed by atoms with van der Waals surface area (Å²) < 4.78 is 0. The molecule has 5 heteroatoms. The molecule has 2 amide bonds. The predicted molar refractivity (Wildman–Crippen MR) is 83.4 cm³/mol. The van der Waals surface area contributed by atoms with Gasteiger partial charge in [-0.1, -0.05) is 32.0 Å². The third kappa shape index (κ3) is 4.35. The highest BCUT2D eigenvalue weighted by Crippen LogP contribution is 2.17. The van der Waals surface area contributed by atoms with Crippen LogP contribution in [0.15, 0.2) is 35.7 Å². The van der Waals surface area contributed by atoms with Gasteiger partial charge in [-0.2, -0.15) is 0 Å². The first-order valence-electron chi connectivity index (χ1n) is 6.69. The molecule has 0 unspecified atom stereocenters. The van der Waals surface area contributed by atoms with Crippen LogP contribution in [0.3, 0.4) is 0 Å². The Labute approximate surface area is 123 Å². The summed E-state index contributed by atoms with van der Waals surface area (Å²) in [7, 11) is 0. The number of para-hydroxylation sites is 1. The fourth-order valence-corrected chi connectivity index (χ4v) is 2.64. The average Bonchev–Trinajstić information content (AvgIpc) is 2.89. The summed E-state index contributed by atoms with van der Waals surface area (Å²) in [5.74, 6) is 0.453. The summed E-state index contributed by atoms with van der Waals surface area (Å²) >= 11 is 1.65. The van der Waals surface area contributed by atoms with Crippen molar-refractivity contribution in [2.24, 2.45) is 0 Å². The molecule has 1 aromatic heterocycles. The Hall–Kier alpha value is -1.88. The minimum Gasteiger partial charge on any atom is -0.337 e. The van der Waals surface area contributed by atoms with Crippen LogP contribution >= 0.6 is 11.3 Å². The molecule has 2 aromatic rings. The molecule has 20 heavy (non-hydrogen) atoms. The molecule has 0 saturated heterocycles. The van der Waals surface area contributed by atoms with Crippen molar-refractivity contribution in [3.63, 3.8) is 0 Å². The molecule has 0 saturated carbocycles. The second kappa shape index (κ2) is 7.05. The van der Waals surface area contributed by atoms with Crippen LogP contribution in [0.2, 0.25) is 0 Å². The molecule has 0 aliphatic rings. The molecule has 4 nitrogen and oxygen atoms in total. The fourth-order valence-electron chi connectivity index (χ4n) is 1.68. The highest BCUT2D eigenvalue weighted by Gasteiger charge is 2.06. The van der Waals surface area contributed by atoms with E-state index in [1.165, 1.54) is 0 Å². The maximum Gasteiger partial charge on any atom is 0.319 e. The molecule has 1 heterocycles. The highest BCUT2D eigenvalue weighted by atomic mass is 32.1. The van der Waals surface area contributed by atoms with E-state index in [4.69, 9.17) is 0 Å². The first-order chi connectivity index (χ1) is 9.65. The molecule has 0 spiro atoms. The van der Waals surface area contributed by atoms with Gasteiger partial charge in [-0.25, -0.2) is 9.78 Å². The van der Waals surface area contributed by atoms with Gasteiger partial charge in [0.05, 0.1) is 10.7 Å². The summed E-state index contributed by atoms with van der Waals surface area (Å²) in [4.78, 5) is 16.2. The largest absolute Gasteiger partial charge is 0.337 e. The van der Waals surface area contributed by atoms with Crippen LogP contribution in [0.1, 0.15) is 30.5 Å². The average molecular weight is 289 g/mol. The van der Waals surface area contributed by atoms with Crippen LogP contribution in [0.5, 0.6) is 0 Å². The topological polar surface area (TPSA) is 54.0 Å². The predicted octanol–water partition coefficient (Wildman–Crippen LogP) is 3.63. The normalized spacial score (nSPS) is 10.6. The van der Waals surface area contributed by atoms with Crippen LogP contribution in [0, 0.1) is 0 Å². The minimum absolute atomic E-state index is 0.183. The number of aromatic nitrogens is 1. The number of nitrogens with one attached hydrogen (secondary N) is 2. The van der Waals surface area contributed by atoms with Gasteiger partial charge in [0.1, 0.15) is 0 Å². The monoisotopic (exact) mass is 289 g/mol. The summed E-state index contributed by atoms with van der Waals surface area (Å²) in [6.45, 7) is 4.85. The molecule has 0 radical (unpaired) electrons. The third-order valence-corrected chi connectivity index (χ3v) is 3.74. The first-order valence-corrected chi connectivity index (χ1v) is 7.57. The number of hydrogen-bond acceptors (Lipinski definition) is 3. The molecular weight excluding hydrogens is 270 g/mol. The number of amides is 2. The van der Waals surface area contributed by atoms with E-state index < -0.39 is 0 Å². The minimum atomic E-state index is -0.183. The number of hydrogen-bond donors (Lipinski definition) is 2. The lowest BCUT2D eigenvalue weighted by Gasteiger charge is -2.06. The zero-order valence-corrected chi connectivity index (χ0v) is 12.5. The molecule has 0 atom stereocenters. The van der Waals surface area contributed by atoms with Crippen LogP contribution in [0.25, 0.3) is 0 Å². The van der Waals surface area contributed by atoms with Gasteiger partial charge in [-0.05, 0) is 18.1 Å². The van der Waals surface area contributed by atoms with E-state index in [1.807, 2.05) is 30.3 Å². The Bertz CT molecular complexity index is 551. The molecule has 2 rings (SSSR count). The van der Waals surface area contributed by atoms with E-state index in [1.54, 1.807) is 11.3 Å². The van der Waals surface area contributed by atoms with Crippen molar-refractivity contribution >= 4 is 23.1 Å². The maximum absolute atomic E-state index is 11.7. The first kappa shape index (κ1) is 14.5. The number of rotatable bonds is 5. The van der Waals surface area contributed by atoms with Crippen LogP contribution in [-0.2, 0) is 6.42 Å². The highest BCUT2D eigenvalue weighted by molar-refractivity contribution is 7.09. The van der Waals surface area contributed by atoms with Crippen molar-refractivity contribution in [1.82, 2.24) is 10.3 Å². The number of carbonyl (C=O) groups is 1. The Morgan fingerprint density at radius 2 is 2.05 bits per heavy atom. The third-order valence-electron chi connectivity index (χ3n) is 2.82. The molecule has 106 valence electrons. The Kier molecular flexibility index (Phi) is 5.12. The van der Waals surface area contributed by atoms with E-state index >= 15 is 0 Å². The number of benzene rings is 1. The SMILES string of the molecule is CC(C)c1csc(CCNC(=O)Nc2ccccc2)n1. The second-order valence-corrected chi connectivity index (χ2v) is 5.76. The molecular formula is C15H19N3OS.